The minimum Gasteiger partial charge on any atom is -0.497 e. The smallest absolute Gasteiger partial charge is 0.326 e. The van der Waals surface area contributed by atoms with Crippen LogP contribution in [0.1, 0.15) is 35.5 Å². The molecule has 182 valence electrons. The van der Waals surface area contributed by atoms with Crippen LogP contribution in [-0.2, 0) is 0 Å². The van der Waals surface area contributed by atoms with E-state index in [1.807, 2.05) is 63.2 Å². The van der Waals surface area contributed by atoms with Gasteiger partial charge in [0.1, 0.15) is 11.6 Å². The molecule has 1 N–H and O–H groups in total. The van der Waals surface area contributed by atoms with Crippen LogP contribution in [-0.4, -0.2) is 23.3 Å². The van der Waals surface area contributed by atoms with Crippen molar-refractivity contribution in [3.8, 4) is 17.1 Å². The zero-order valence-electron chi connectivity index (χ0n) is 20.4. The number of anilines is 1. The van der Waals surface area contributed by atoms with E-state index >= 15 is 0 Å². The van der Waals surface area contributed by atoms with Crippen LogP contribution in [0.25, 0.3) is 17.0 Å². The Balaban J connectivity index is 1.65. The Morgan fingerprint density at radius 2 is 1.78 bits per heavy atom. The molecule has 1 aromatic heterocycles. The van der Waals surface area contributed by atoms with E-state index < -0.39 is 6.04 Å². The van der Waals surface area contributed by atoms with Gasteiger partial charge in [-0.25, -0.2) is 9.18 Å². The number of hydrogen-bond donors (Lipinski definition) is 1. The predicted molar refractivity (Wildman–Crippen MR) is 135 cm³/mol. The van der Waals surface area contributed by atoms with Crippen LogP contribution >= 0.6 is 0 Å². The average molecular weight is 485 g/mol. The number of urea groups is 1. The number of nitrogens with zero attached hydrogens (tertiary/aromatic N) is 3. The van der Waals surface area contributed by atoms with Crippen molar-refractivity contribution >= 4 is 17.3 Å². The third-order valence-electron chi connectivity index (χ3n) is 6.42. The van der Waals surface area contributed by atoms with Crippen molar-refractivity contribution in [2.75, 3.05) is 12.0 Å². The van der Waals surface area contributed by atoms with Crippen LogP contribution in [0.5, 0.6) is 5.75 Å². The number of carbonyl (C=O) groups is 1. The number of benzene rings is 3. The van der Waals surface area contributed by atoms with Crippen LogP contribution in [0.4, 0.5) is 14.9 Å². The number of allylic oxidation sites excluding steroid dienone is 1. The zero-order valence-corrected chi connectivity index (χ0v) is 20.4. The summed E-state index contributed by atoms with van der Waals surface area (Å²) in [4.78, 5) is 19.5. The highest BCUT2D eigenvalue weighted by Crippen LogP contribution is 2.39. The molecule has 3 aromatic carbocycles. The van der Waals surface area contributed by atoms with E-state index in [1.54, 1.807) is 19.2 Å². The van der Waals surface area contributed by atoms with Gasteiger partial charge in [-0.05, 0) is 73.9 Å². The summed E-state index contributed by atoms with van der Waals surface area (Å²) in [6, 6.07) is 18.3. The first-order chi connectivity index (χ1) is 17.4. The second-order valence-electron chi connectivity index (χ2n) is 8.69. The van der Waals surface area contributed by atoms with Crippen molar-refractivity contribution in [3.63, 3.8) is 0 Å². The maximum Gasteiger partial charge on any atom is 0.326 e. The van der Waals surface area contributed by atoms with Crippen LogP contribution in [0.15, 0.2) is 77.0 Å². The molecule has 5 rings (SSSR count). The summed E-state index contributed by atoms with van der Waals surface area (Å²) < 4.78 is 24.7. The van der Waals surface area contributed by atoms with E-state index in [0.717, 1.165) is 22.3 Å². The number of nitrogens with one attached hydrogen (secondary N) is 1. The standard InChI is InChI=1S/C28H25FN4O3/c1-16-8-9-19(14-17(16)2)25-24(18(3)33(28(34)30-25)22-12-10-21(29)11-13-22)27-31-26(32-36-27)20-6-5-7-23(15-20)35-4/h5-15,25H,1-4H3,(H,30,34). The molecule has 8 heteroatoms. The molecular formula is C28H25FN4O3. The Hall–Kier alpha value is -4.46. The van der Waals surface area contributed by atoms with Gasteiger partial charge < -0.3 is 14.6 Å². The molecular weight excluding hydrogens is 459 g/mol. The van der Waals surface area contributed by atoms with Crippen LogP contribution in [0.3, 0.4) is 0 Å². The van der Waals surface area contributed by atoms with Gasteiger partial charge in [0.25, 0.3) is 5.89 Å². The van der Waals surface area contributed by atoms with E-state index in [4.69, 9.17) is 9.26 Å². The summed E-state index contributed by atoms with van der Waals surface area (Å²) in [6.45, 7) is 5.88. The summed E-state index contributed by atoms with van der Waals surface area (Å²) in [6.07, 6.45) is 0. The number of halogens is 1. The second kappa shape index (κ2) is 9.30. The Morgan fingerprint density at radius 1 is 1.00 bits per heavy atom. The summed E-state index contributed by atoms with van der Waals surface area (Å²) >= 11 is 0. The van der Waals surface area contributed by atoms with Crippen molar-refractivity contribution < 1.29 is 18.4 Å². The fourth-order valence-electron chi connectivity index (χ4n) is 4.33. The average Bonchev–Trinajstić information content (AvgIpc) is 3.36. The molecule has 0 aliphatic carbocycles. The van der Waals surface area contributed by atoms with E-state index in [-0.39, 0.29) is 17.7 Å². The monoisotopic (exact) mass is 484 g/mol. The molecule has 1 unspecified atom stereocenters. The fourth-order valence-corrected chi connectivity index (χ4v) is 4.33. The molecule has 7 nitrogen and oxygen atoms in total. The lowest BCUT2D eigenvalue weighted by atomic mass is 9.92. The molecule has 2 amide bonds. The van der Waals surface area contributed by atoms with Gasteiger partial charge >= 0.3 is 6.03 Å². The van der Waals surface area contributed by atoms with E-state index in [9.17, 15) is 9.18 Å². The first-order valence-electron chi connectivity index (χ1n) is 11.5. The third-order valence-corrected chi connectivity index (χ3v) is 6.42. The SMILES string of the molecule is COc1cccc(-c2noc(C3=C(C)N(c4ccc(F)cc4)C(=O)NC3c3ccc(C)c(C)c3)n2)c1. The van der Waals surface area contributed by atoms with Gasteiger partial charge in [-0.2, -0.15) is 4.98 Å². The summed E-state index contributed by atoms with van der Waals surface area (Å²) in [5.74, 6) is 0.967. The molecule has 0 bridgehead atoms. The minimum atomic E-state index is -0.521. The Kier molecular flexibility index (Phi) is 6.01. The number of rotatable bonds is 5. The highest BCUT2D eigenvalue weighted by molar-refractivity contribution is 6.01. The van der Waals surface area contributed by atoms with Gasteiger partial charge in [0.05, 0.1) is 24.4 Å². The third kappa shape index (κ3) is 4.22. The summed E-state index contributed by atoms with van der Waals surface area (Å²) in [7, 11) is 1.60. The topological polar surface area (TPSA) is 80.5 Å². The number of amides is 2. The summed E-state index contributed by atoms with van der Waals surface area (Å²) in [5.41, 5.74) is 5.66. The van der Waals surface area contributed by atoms with E-state index in [0.29, 0.717) is 28.5 Å². The molecule has 0 spiro atoms. The molecule has 0 saturated heterocycles. The molecule has 36 heavy (non-hydrogen) atoms. The maximum atomic E-state index is 13.6. The molecule has 1 aliphatic heterocycles. The van der Waals surface area contributed by atoms with Gasteiger partial charge in [-0.15, -0.1) is 0 Å². The van der Waals surface area contributed by atoms with Crippen molar-refractivity contribution in [1.29, 1.82) is 0 Å². The van der Waals surface area contributed by atoms with Gasteiger partial charge in [0, 0.05) is 11.3 Å². The van der Waals surface area contributed by atoms with Crippen molar-refractivity contribution in [3.05, 3.63) is 101 Å². The lowest BCUT2D eigenvalue weighted by molar-refractivity contribution is 0.244. The normalized spacial score (nSPS) is 15.8. The number of carbonyl (C=O) groups excluding carboxylic acids is 1. The van der Waals surface area contributed by atoms with Gasteiger partial charge in [-0.3, -0.25) is 4.90 Å². The van der Waals surface area contributed by atoms with Crippen molar-refractivity contribution in [2.24, 2.45) is 0 Å². The molecule has 1 atom stereocenters. The first-order valence-corrected chi connectivity index (χ1v) is 11.5. The Labute approximate surface area is 208 Å². The van der Waals surface area contributed by atoms with Crippen LogP contribution < -0.4 is 15.0 Å². The van der Waals surface area contributed by atoms with E-state index in [2.05, 4.69) is 15.5 Å². The van der Waals surface area contributed by atoms with Gasteiger partial charge in [-0.1, -0.05) is 35.5 Å². The molecule has 0 fully saturated rings. The fraction of sp³-hybridized carbons (Fsp3) is 0.179. The van der Waals surface area contributed by atoms with Gasteiger partial charge in [0.15, 0.2) is 0 Å². The van der Waals surface area contributed by atoms with Crippen molar-refractivity contribution in [1.82, 2.24) is 15.5 Å². The van der Waals surface area contributed by atoms with Crippen LogP contribution in [0.2, 0.25) is 0 Å². The molecule has 0 saturated carbocycles. The van der Waals surface area contributed by atoms with Gasteiger partial charge in [0.2, 0.25) is 5.82 Å². The number of methoxy groups -OCH3 is 1. The number of aromatic nitrogens is 2. The highest BCUT2D eigenvalue weighted by atomic mass is 19.1. The Morgan fingerprint density at radius 3 is 2.50 bits per heavy atom. The summed E-state index contributed by atoms with van der Waals surface area (Å²) in [5, 5.41) is 7.28. The number of ether oxygens (including phenoxy) is 1. The Bertz CT molecular complexity index is 1480. The second-order valence-corrected chi connectivity index (χ2v) is 8.69. The lowest BCUT2D eigenvalue weighted by Gasteiger charge is -2.35. The van der Waals surface area contributed by atoms with E-state index in [1.165, 1.54) is 17.0 Å². The molecule has 0 radical (unpaired) electrons. The molecule has 2 heterocycles. The molecule has 1 aliphatic rings. The lowest BCUT2D eigenvalue weighted by Crippen LogP contribution is -2.46. The first kappa shape index (κ1) is 23.3. The highest BCUT2D eigenvalue weighted by Gasteiger charge is 2.36. The van der Waals surface area contributed by atoms with Crippen molar-refractivity contribution in [2.45, 2.75) is 26.8 Å². The molecule has 4 aromatic rings. The number of aryl methyl sites for hydroxylation is 2. The number of hydrogen-bond acceptors (Lipinski definition) is 5. The zero-order chi connectivity index (χ0) is 25.4. The largest absolute Gasteiger partial charge is 0.497 e. The quantitative estimate of drug-likeness (QED) is 0.365. The predicted octanol–water partition coefficient (Wildman–Crippen LogP) is 6.20. The van der Waals surface area contributed by atoms with Crippen LogP contribution in [0, 0.1) is 19.7 Å². The maximum absolute atomic E-state index is 13.6. The minimum absolute atomic E-state index is 0.278.